The average molecular weight is 226 g/mol. The number of carbonyl (C=O) groups is 1. The molecule has 0 aliphatic carbocycles. The van der Waals surface area contributed by atoms with E-state index < -0.39 is 22.1 Å². The zero-order valence-electron chi connectivity index (χ0n) is 8.56. The minimum absolute atomic E-state index is 0.164. The van der Waals surface area contributed by atoms with Crippen LogP contribution in [0, 0.1) is 10.1 Å². The summed E-state index contributed by atoms with van der Waals surface area (Å²) in [6, 6.07) is 1.98. The third kappa shape index (κ3) is 3.19. The highest BCUT2D eigenvalue weighted by Crippen LogP contribution is 2.05. The first-order valence-electron chi connectivity index (χ1n) is 4.56. The van der Waals surface area contributed by atoms with Gasteiger partial charge in [-0.2, -0.15) is 0 Å². The first-order chi connectivity index (χ1) is 7.52. The summed E-state index contributed by atoms with van der Waals surface area (Å²) < 4.78 is 4.66. The molecule has 0 fully saturated rings. The number of nitrogens with zero attached hydrogens (tertiary/aromatic N) is 1. The van der Waals surface area contributed by atoms with Crippen molar-refractivity contribution in [3.8, 4) is 0 Å². The second-order valence-electron chi connectivity index (χ2n) is 2.97. The Kier molecular flexibility index (Phi) is 3.76. The van der Waals surface area contributed by atoms with Gasteiger partial charge in [0.2, 0.25) is 0 Å². The van der Waals surface area contributed by atoms with Crippen molar-refractivity contribution in [1.82, 2.24) is 4.98 Å². The molecule has 0 unspecified atom stereocenters. The Bertz CT molecular complexity index is 465. The molecule has 0 amide bonds. The molecule has 1 aromatic heterocycles. The lowest BCUT2D eigenvalue weighted by molar-refractivity contribution is -0.389. The second kappa shape index (κ2) is 5.06. The summed E-state index contributed by atoms with van der Waals surface area (Å²) in [5.41, 5.74) is -0.359. The topological polar surface area (TPSA) is 102 Å². The fraction of sp³-hybridized carbons (Fsp3) is 0.333. The van der Waals surface area contributed by atoms with Crippen LogP contribution in [0.1, 0.15) is 12.6 Å². The van der Waals surface area contributed by atoms with Crippen LogP contribution in [0.5, 0.6) is 0 Å². The molecule has 0 saturated heterocycles. The Morgan fingerprint density at radius 1 is 1.56 bits per heavy atom. The molecule has 86 valence electrons. The quantitative estimate of drug-likeness (QED) is 0.454. The minimum Gasteiger partial charge on any atom is -0.466 e. The van der Waals surface area contributed by atoms with Crippen molar-refractivity contribution < 1.29 is 14.5 Å². The number of ether oxygens (including phenoxy) is 1. The highest BCUT2D eigenvalue weighted by atomic mass is 16.6. The number of pyridine rings is 1. The number of rotatable bonds is 4. The summed E-state index contributed by atoms with van der Waals surface area (Å²) in [6.45, 7) is 1.87. The lowest BCUT2D eigenvalue weighted by Crippen LogP contribution is -2.12. The maximum atomic E-state index is 11.1. The molecule has 0 aromatic carbocycles. The first-order valence-corrected chi connectivity index (χ1v) is 4.56. The molecule has 0 bridgehead atoms. The Morgan fingerprint density at radius 2 is 2.25 bits per heavy atom. The molecular weight excluding hydrogens is 216 g/mol. The van der Waals surface area contributed by atoms with Gasteiger partial charge in [-0.05, 0) is 11.8 Å². The Labute approximate surface area is 90.2 Å². The SMILES string of the molecule is CCOC(=O)Cc1cc(=O)cc([N+](=O)[O-])[nH]1. The van der Waals surface area contributed by atoms with E-state index >= 15 is 0 Å². The smallest absolute Gasteiger partial charge is 0.324 e. The van der Waals surface area contributed by atoms with E-state index in [1.807, 2.05) is 0 Å². The van der Waals surface area contributed by atoms with E-state index in [2.05, 4.69) is 9.72 Å². The summed E-state index contributed by atoms with van der Waals surface area (Å²) in [5, 5.41) is 10.4. The van der Waals surface area contributed by atoms with Gasteiger partial charge in [-0.15, -0.1) is 0 Å². The van der Waals surface area contributed by atoms with E-state index in [9.17, 15) is 19.7 Å². The van der Waals surface area contributed by atoms with Crippen LogP contribution < -0.4 is 5.43 Å². The molecule has 7 nitrogen and oxygen atoms in total. The number of aromatic amines is 1. The van der Waals surface area contributed by atoms with Crippen molar-refractivity contribution in [3.63, 3.8) is 0 Å². The van der Waals surface area contributed by atoms with Gasteiger partial charge in [0.15, 0.2) is 5.43 Å². The zero-order chi connectivity index (χ0) is 12.1. The van der Waals surface area contributed by atoms with E-state index in [4.69, 9.17) is 0 Å². The first kappa shape index (κ1) is 11.9. The summed E-state index contributed by atoms with van der Waals surface area (Å²) >= 11 is 0. The van der Waals surface area contributed by atoms with E-state index in [1.54, 1.807) is 6.92 Å². The van der Waals surface area contributed by atoms with Gasteiger partial charge in [0.1, 0.15) is 12.1 Å². The zero-order valence-corrected chi connectivity index (χ0v) is 8.56. The lowest BCUT2D eigenvalue weighted by Gasteiger charge is -2.00. The van der Waals surface area contributed by atoms with Crippen molar-refractivity contribution in [3.05, 3.63) is 38.2 Å². The number of nitrogens with one attached hydrogen (secondary N) is 1. The summed E-state index contributed by atoms with van der Waals surface area (Å²) in [7, 11) is 0. The number of carbonyl (C=O) groups excluding carboxylic acids is 1. The predicted molar refractivity (Wildman–Crippen MR) is 54.1 cm³/mol. The van der Waals surface area contributed by atoms with Gasteiger partial charge in [0.05, 0.1) is 12.7 Å². The van der Waals surface area contributed by atoms with Crippen molar-refractivity contribution in [2.24, 2.45) is 0 Å². The average Bonchev–Trinajstić information content (AvgIpc) is 2.16. The number of esters is 1. The number of hydrogen-bond acceptors (Lipinski definition) is 5. The van der Waals surface area contributed by atoms with Crippen molar-refractivity contribution in [2.45, 2.75) is 13.3 Å². The minimum atomic E-state index is -0.726. The predicted octanol–water partition coefficient (Wildman–Crippen LogP) is 0.389. The molecule has 0 atom stereocenters. The molecule has 0 radical (unpaired) electrons. The maximum absolute atomic E-state index is 11.1. The number of aromatic nitrogens is 1. The maximum Gasteiger partial charge on any atom is 0.324 e. The second-order valence-corrected chi connectivity index (χ2v) is 2.97. The molecule has 1 heterocycles. The van der Waals surface area contributed by atoms with Gasteiger partial charge in [-0.3, -0.25) is 9.59 Å². The third-order valence-corrected chi connectivity index (χ3v) is 1.72. The molecule has 7 heteroatoms. The molecular formula is C9H10N2O5. The molecule has 0 aliphatic heterocycles. The Balaban J connectivity index is 2.93. The van der Waals surface area contributed by atoms with Gasteiger partial charge >= 0.3 is 11.8 Å². The van der Waals surface area contributed by atoms with E-state index in [0.717, 1.165) is 12.1 Å². The van der Waals surface area contributed by atoms with Crippen LogP contribution in [-0.2, 0) is 16.0 Å². The number of H-pyrrole nitrogens is 1. The molecule has 0 aliphatic rings. The van der Waals surface area contributed by atoms with Crippen LogP contribution in [0.4, 0.5) is 5.82 Å². The highest BCUT2D eigenvalue weighted by molar-refractivity contribution is 5.72. The third-order valence-electron chi connectivity index (χ3n) is 1.72. The van der Waals surface area contributed by atoms with Crippen molar-refractivity contribution in [2.75, 3.05) is 6.61 Å². The summed E-state index contributed by atoms with van der Waals surface area (Å²) in [4.78, 5) is 34.3. The van der Waals surface area contributed by atoms with E-state index in [-0.39, 0.29) is 18.7 Å². The van der Waals surface area contributed by atoms with Crippen LogP contribution in [0.3, 0.4) is 0 Å². The molecule has 0 spiro atoms. The van der Waals surface area contributed by atoms with Crippen LogP contribution in [-0.4, -0.2) is 22.5 Å². The normalized spacial score (nSPS) is 9.81. The molecule has 1 aromatic rings. The van der Waals surface area contributed by atoms with Crippen molar-refractivity contribution in [1.29, 1.82) is 0 Å². The molecule has 0 saturated carbocycles. The van der Waals surface area contributed by atoms with Gasteiger partial charge in [-0.1, -0.05) is 0 Å². The van der Waals surface area contributed by atoms with Crippen LogP contribution in [0.15, 0.2) is 16.9 Å². The van der Waals surface area contributed by atoms with Gasteiger partial charge in [0, 0.05) is 6.07 Å². The fourth-order valence-electron chi connectivity index (χ4n) is 1.15. The largest absolute Gasteiger partial charge is 0.466 e. The Hall–Kier alpha value is -2.18. The lowest BCUT2D eigenvalue weighted by atomic mass is 10.2. The monoisotopic (exact) mass is 226 g/mol. The molecule has 1 rings (SSSR count). The fourth-order valence-corrected chi connectivity index (χ4v) is 1.15. The number of hydrogen-bond donors (Lipinski definition) is 1. The summed E-state index contributed by atoms with van der Waals surface area (Å²) in [6.07, 6.45) is -0.190. The highest BCUT2D eigenvalue weighted by Gasteiger charge is 2.12. The van der Waals surface area contributed by atoms with Crippen LogP contribution in [0.25, 0.3) is 0 Å². The van der Waals surface area contributed by atoms with E-state index in [0.29, 0.717) is 0 Å². The van der Waals surface area contributed by atoms with Crippen LogP contribution in [0.2, 0.25) is 0 Å². The summed E-state index contributed by atoms with van der Waals surface area (Å²) in [5.74, 6) is -0.981. The Morgan fingerprint density at radius 3 is 2.81 bits per heavy atom. The molecule has 1 N–H and O–H groups in total. The standard InChI is InChI=1S/C9H10N2O5/c1-2-16-9(13)4-6-3-7(12)5-8(10-6)11(14)15/h3,5H,2,4H2,1H3,(H,10,12). The van der Waals surface area contributed by atoms with Crippen molar-refractivity contribution >= 4 is 11.8 Å². The molecule has 16 heavy (non-hydrogen) atoms. The van der Waals surface area contributed by atoms with Gasteiger partial charge in [0.25, 0.3) is 0 Å². The van der Waals surface area contributed by atoms with Gasteiger partial charge in [-0.25, -0.2) is 4.98 Å². The van der Waals surface area contributed by atoms with Crippen LogP contribution >= 0.6 is 0 Å². The number of nitro groups is 1. The van der Waals surface area contributed by atoms with E-state index in [1.165, 1.54) is 0 Å². The van der Waals surface area contributed by atoms with Gasteiger partial charge < -0.3 is 14.9 Å².